The number of fused-ring (bicyclic) bond motifs is 1. The molecule has 1 aromatic carbocycles. The summed E-state index contributed by atoms with van der Waals surface area (Å²) in [7, 11) is 0. The molecule has 1 aliphatic rings. The number of nitrogens with one attached hydrogen (secondary N) is 1. The number of nitrogens with zero attached hydrogens (tertiary/aromatic N) is 1. The van der Waals surface area contributed by atoms with Crippen molar-refractivity contribution in [1.82, 2.24) is 10.2 Å². The van der Waals surface area contributed by atoms with E-state index in [1.807, 2.05) is 32.0 Å². The predicted molar refractivity (Wildman–Crippen MR) is 112 cm³/mol. The van der Waals surface area contributed by atoms with Crippen LogP contribution in [0, 0.1) is 13.8 Å². The molecule has 1 fully saturated rings. The van der Waals surface area contributed by atoms with E-state index < -0.39 is 0 Å². The number of amides is 1. The molecule has 1 amide bonds. The summed E-state index contributed by atoms with van der Waals surface area (Å²) >= 11 is 1.71. The van der Waals surface area contributed by atoms with Gasteiger partial charge >= 0.3 is 0 Å². The summed E-state index contributed by atoms with van der Waals surface area (Å²) in [4.78, 5) is 28.8. The van der Waals surface area contributed by atoms with Gasteiger partial charge in [-0.3, -0.25) is 14.5 Å². The van der Waals surface area contributed by atoms with Crippen molar-refractivity contribution in [1.29, 1.82) is 0 Å². The second-order valence-corrected chi connectivity index (χ2v) is 8.37. The molecule has 3 heterocycles. The highest BCUT2D eigenvalue weighted by molar-refractivity contribution is 7.10. The molecule has 146 valence electrons. The van der Waals surface area contributed by atoms with E-state index in [4.69, 9.17) is 4.42 Å². The first kappa shape index (κ1) is 18.9. The van der Waals surface area contributed by atoms with Crippen molar-refractivity contribution in [3.63, 3.8) is 0 Å². The van der Waals surface area contributed by atoms with Crippen molar-refractivity contribution in [3.8, 4) is 0 Å². The Hall–Kier alpha value is -2.44. The van der Waals surface area contributed by atoms with Crippen molar-refractivity contribution in [3.05, 3.63) is 67.7 Å². The van der Waals surface area contributed by atoms with E-state index in [0.717, 1.165) is 24.2 Å². The van der Waals surface area contributed by atoms with Crippen LogP contribution in [0.4, 0.5) is 0 Å². The molecule has 1 aliphatic heterocycles. The Morgan fingerprint density at radius 1 is 1.21 bits per heavy atom. The van der Waals surface area contributed by atoms with Gasteiger partial charge in [0.1, 0.15) is 5.58 Å². The molecule has 4 rings (SSSR count). The molecule has 0 bridgehead atoms. The second-order valence-electron chi connectivity index (χ2n) is 7.39. The molecular formula is C22H24N2O3S. The van der Waals surface area contributed by atoms with E-state index >= 15 is 0 Å². The third kappa shape index (κ3) is 3.75. The van der Waals surface area contributed by atoms with Gasteiger partial charge < -0.3 is 9.73 Å². The number of aryl methyl sites for hydroxylation is 2. The minimum absolute atomic E-state index is 0.0621. The van der Waals surface area contributed by atoms with Crippen LogP contribution in [0.15, 0.2) is 44.9 Å². The third-order valence-corrected chi connectivity index (χ3v) is 6.45. The number of likely N-dealkylation sites (tertiary alicyclic amines) is 1. The van der Waals surface area contributed by atoms with E-state index in [9.17, 15) is 9.59 Å². The zero-order chi connectivity index (χ0) is 19.7. The molecule has 1 N–H and O–H groups in total. The van der Waals surface area contributed by atoms with E-state index in [-0.39, 0.29) is 23.1 Å². The zero-order valence-corrected chi connectivity index (χ0v) is 17.0. The number of rotatable bonds is 5. The molecule has 1 atom stereocenters. The highest BCUT2D eigenvalue weighted by Crippen LogP contribution is 2.28. The monoisotopic (exact) mass is 396 g/mol. The fourth-order valence-corrected chi connectivity index (χ4v) is 4.60. The number of thiophene rings is 1. The van der Waals surface area contributed by atoms with Crippen molar-refractivity contribution >= 4 is 28.2 Å². The lowest BCUT2D eigenvalue weighted by atomic mass is 10.1. The van der Waals surface area contributed by atoms with E-state index in [1.165, 1.54) is 23.8 Å². The number of hydrogen-bond donors (Lipinski definition) is 1. The van der Waals surface area contributed by atoms with Crippen LogP contribution < -0.4 is 10.7 Å². The molecule has 0 radical (unpaired) electrons. The molecule has 0 aliphatic carbocycles. The van der Waals surface area contributed by atoms with Gasteiger partial charge in [-0.05, 0) is 74.5 Å². The SMILES string of the molecule is Cc1cc2oc(C(=O)NC[C@H](c3cccs3)N3CCCC3)cc(=O)c2cc1C. The molecule has 0 unspecified atom stereocenters. The van der Waals surface area contributed by atoms with Crippen LogP contribution in [0.3, 0.4) is 0 Å². The van der Waals surface area contributed by atoms with Gasteiger partial charge in [-0.15, -0.1) is 11.3 Å². The van der Waals surface area contributed by atoms with Gasteiger partial charge in [0.2, 0.25) is 0 Å². The summed E-state index contributed by atoms with van der Waals surface area (Å²) in [6.45, 7) is 6.50. The zero-order valence-electron chi connectivity index (χ0n) is 16.2. The quantitative estimate of drug-likeness (QED) is 0.707. The summed E-state index contributed by atoms with van der Waals surface area (Å²) in [5.74, 6) is -0.287. The highest BCUT2D eigenvalue weighted by atomic mass is 32.1. The van der Waals surface area contributed by atoms with Crippen molar-refractivity contribution in [2.45, 2.75) is 32.7 Å². The van der Waals surface area contributed by atoms with Gasteiger partial charge in [-0.1, -0.05) is 6.07 Å². The lowest BCUT2D eigenvalue weighted by molar-refractivity contribution is 0.0911. The minimum Gasteiger partial charge on any atom is -0.451 e. The maximum absolute atomic E-state index is 12.7. The average Bonchev–Trinajstić information content (AvgIpc) is 3.38. The fourth-order valence-electron chi connectivity index (χ4n) is 3.74. The highest BCUT2D eigenvalue weighted by Gasteiger charge is 2.25. The fraction of sp³-hybridized carbons (Fsp3) is 0.364. The summed E-state index contributed by atoms with van der Waals surface area (Å²) < 4.78 is 5.77. The summed E-state index contributed by atoms with van der Waals surface area (Å²) in [6, 6.07) is 9.24. The molecular weight excluding hydrogens is 372 g/mol. The van der Waals surface area contributed by atoms with E-state index in [2.05, 4.69) is 21.7 Å². The van der Waals surface area contributed by atoms with Gasteiger partial charge in [0.05, 0.1) is 11.4 Å². The van der Waals surface area contributed by atoms with Gasteiger partial charge in [0.15, 0.2) is 11.2 Å². The van der Waals surface area contributed by atoms with Crippen LogP contribution in [-0.4, -0.2) is 30.4 Å². The topological polar surface area (TPSA) is 62.6 Å². The second kappa shape index (κ2) is 7.89. The normalized spacial score (nSPS) is 15.8. The van der Waals surface area contributed by atoms with Gasteiger partial charge in [-0.25, -0.2) is 0 Å². The van der Waals surface area contributed by atoms with Gasteiger partial charge in [-0.2, -0.15) is 0 Å². The van der Waals surface area contributed by atoms with E-state index in [0.29, 0.717) is 17.5 Å². The third-order valence-electron chi connectivity index (χ3n) is 5.48. The first-order valence-corrected chi connectivity index (χ1v) is 10.5. The van der Waals surface area contributed by atoms with Crippen LogP contribution in [-0.2, 0) is 0 Å². The van der Waals surface area contributed by atoms with Crippen LogP contribution >= 0.6 is 11.3 Å². The first-order chi connectivity index (χ1) is 13.5. The Morgan fingerprint density at radius 3 is 2.68 bits per heavy atom. The van der Waals surface area contributed by atoms with Crippen LogP contribution in [0.2, 0.25) is 0 Å². The summed E-state index contributed by atoms with van der Waals surface area (Å²) in [5.41, 5.74) is 2.32. The maximum Gasteiger partial charge on any atom is 0.287 e. The Labute approximate surface area is 168 Å². The molecule has 5 nitrogen and oxygen atoms in total. The predicted octanol–water partition coefficient (Wildman–Crippen LogP) is 4.04. The van der Waals surface area contributed by atoms with Gasteiger partial charge in [0.25, 0.3) is 5.91 Å². The molecule has 3 aromatic rings. The largest absolute Gasteiger partial charge is 0.451 e. The Morgan fingerprint density at radius 2 is 1.96 bits per heavy atom. The number of carbonyl (C=O) groups is 1. The van der Waals surface area contributed by atoms with Crippen LogP contribution in [0.5, 0.6) is 0 Å². The minimum atomic E-state index is -0.349. The lowest BCUT2D eigenvalue weighted by Crippen LogP contribution is -2.36. The number of carbonyl (C=O) groups excluding carboxylic acids is 1. The molecule has 0 spiro atoms. The molecule has 1 saturated heterocycles. The lowest BCUT2D eigenvalue weighted by Gasteiger charge is -2.26. The number of hydrogen-bond acceptors (Lipinski definition) is 5. The van der Waals surface area contributed by atoms with E-state index in [1.54, 1.807) is 11.3 Å². The smallest absolute Gasteiger partial charge is 0.287 e. The average molecular weight is 397 g/mol. The molecule has 2 aromatic heterocycles. The van der Waals surface area contributed by atoms with Crippen LogP contribution in [0.25, 0.3) is 11.0 Å². The Kier molecular flexibility index (Phi) is 5.33. The summed E-state index contributed by atoms with van der Waals surface area (Å²) in [5, 5.41) is 5.55. The van der Waals surface area contributed by atoms with Gasteiger partial charge in [0, 0.05) is 17.5 Å². The van der Waals surface area contributed by atoms with Crippen molar-refractivity contribution in [2.24, 2.45) is 0 Å². The summed E-state index contributed by atoms with van der Waals surface area (Å²) in [6.07, 6.45) is 2.38. The molecule has 0 saturated carbocycles. The Balaban J connectivity index is 1.55. The standard InChI is InChI=1S/C22H24N2O3S/c1-14-10-16-18(25)12-20(27-19(16)11-15(14)2)22(26)23-13-17(21-6-5-9-28-21)24-7-3-4-8-24/h5-6,9-12,17H,3-4,7-8,13H2,1-2H3,(H,23,26)/t17-/m1/s1. The first-order valence-electron chi connectivity index (χ1n) is 9.63. The molecule has 28 heavy (non-hydrogen) atoms. The number of benzene rings is 1. The van der Waals surface area contributed by atoms with Crippen molar-refractivity contribution in [2.75, 3.05) is 19.6 Å². The Bertz CT molecular complexity index is 1050. The molecule has 6 heteroatoms. The van der Waals surface area contributed by atoms with Crippen LogP contribution in [0.1, 0.15) is 45.4 Å². The van der Waals surface area contributed by atoms with Crippen molar-refractivity contribution < 1.29 is 9.21 Å². The maximum atomic E-state index is 12.7.